The van der Waals surface area contributed by atoms with Gasteiger partial charge in [-0.2, -0.15) is 0 Å². The van der Waals surface area contributed by atoms with Crippen LogP contribution in [0.15, 0.2) is 0 Å². The normalized spacial score (nSPS) is 13.5. The number of carbonyl (C=O) groups excluding carboxylic acids is 2. The molecule has 0 aromatic carbocycles. The van der Waals surface area contributed by atoms with Crippen molar-refractivity contribution in [3.05, 3.63) is 0 Å². The second kappa shape index (κ2) is 6.62. The van der Waals surface area contributed by atoms with E-state index in [1.807, 2.05) is 34.6 Å². The molecule has 0 aromatic rings. The Hall–Kier alpha value is -1.06. The van der Waals surface area contributed by atoms with Gasteiger partial charge in [0.05, 0.1) is 5.92 Å². The first kappa shape index (κ1) is 15.9. The number of rotatable bonds is 6. The standard InChI is InChI=1S/C13H26N2O2/c1-6-9(7-2)15-11(16)8-10(12(14)17)13(3,4)5/h9-10H,6-8H2,1-5H3,(H2,14,17)(H,15,16). The lowest BCUT2D eigenvalue weighted by molar-refractivity contribution is -0.131. The number of hydrogen-bond donors (Lipinski definition) is 2. The molecule has 0 aliphatic carbocycles. The van der Waals surface area contributed by atoms with Gasteiger partial charge in [-0.1, -0.05) is 34.6 Å². The van der Waals surface area contributed by atoms with Gasteiger partial charge in [-0.15, -0.1) is 0 Å². The highest BCUT2D eigenvalue weighted by molar-refractivity contribution is 5.85. The van der Waals surface area contributed by atoms with Crippen molar-refractivity contribution in [3.63, 3.8) is 0 Å². The largest absolute Gasteiger partial charge is 0.369 e. The van der Waals surface area contributed by atoms with Gasteiger partial charge in [-0.05, 0) is 18.3 Å². The van der Waals surface area contributed by atoms with Crippen molar-refractivity contribution in [1.29, 1.82) is 0 Å². The first-order valence-corrected chi connectivity index (χ1v) is 6.31. The van der Waals surface area contributed by atoms with Crippen LogP contribution in [0.2, 0.25) is 0 Å². The van der Waals surface area contributed by atoms with Gasteiger partial charge < -0.3 is 11.1 Å². The first-order valence-electron chi connectivity index (χ1n) is 6.31. The molecule has 0 saturated carbocycles. The van der Waals surface area contributed by atoms with E-state index in [0.29, 0.717) is 0 Å². The summed E-state index contributed by atoms with van der Waals surface area (Å²) < 4.78 is 0. The quantitative estimate of drug-likeness (QED) is 0.746. The minimum absolute atomic E-state index is 0.0857. The highest BCUT2D eigenvalue weighted by Gasteiger charge is 2.31. The van der Waals surface area contributed by atoms with Gasteiger partial charge in [0.1, 0.15) is 0 Å². The fourth-order valence-electron chi connectivity index (χ4n) is 1.80. The third-order valence-corrected chi connectivity index (χ3v) is 3.13. The Bertz CT molecular complexity index is 265. The SMILES string of the molecule is CCC(CC)NC(=O)CC(C(N)=O)C(C)(C)C. The van der Waals surface area contributed by atoms with Gasteiger partial charge in [0.25, 0.3) is 0 Å². The molecule has 4 nitrogen and oxygen atoms in total. The molecule has 17 heavy (non-hydrogen) atoms. The minimum Gasteiger partial charge on any atom is -0.369 e. The van der Waals surface area contributed by atoms with Gasteiger partial charge in [0.15, 0.2) is 0 Å². The van der Waals surface area contributed by atoms with E-state index >= 15 is 0 Å². The molecule has 2 amide bonds. The van der Waals surface area contributed by atoms with Crippen LogP contribution in [-0.4, -0.2) is 17.9 Å². The molecule has 0 saturated heterocycles. The van der Waals surface area contributed by atoms with Crippen LogP contribution in [0.4, 0.5) is 0 Å². The number of nitrogens with one attached hydrogen (secondary N) is 1. The summed E-state index contributed by atoms with van der Waals surface area (Å²) in [4.78, 5) is 23.2. The zero-order valence-electron chi connectivity index (χ0n) is 11.7. The second-order valence-electron chi connectivity index (χ2n) is 5.61. The van der Waals surface area contributed by atoms with E-state index < -0.39 is 11.8 Å². The van der Waals surface area contributed by atoms with Crippen molar-refractivity contribution in [2.75, 3.05) is 0 Å². The highest BCUT2D eigenvalue weighted by atomic mass is 16.2. The first-order chi connectivity index (χ1) is 7.72. The van der Waals surface area contributed by atoms with Crippen LogP contribution in [0.25, 0.3) is 0 Å². The molecule has 0 fully saturated rings. The smallest absolute Gasteiger partial charge is 0.221 e. The predicted octanol–water partition coefficient (Wildman–Crippen LogP) is 1.83. The molecule has 1 unspecified atom stereocenters. The van der Waals surface area contributed by atoms with Crippen molar-refractivity contribution in [3.8, 4) is 0 Å². The maximum atomic E-state index is 11.8. The van der Waals surface area contributed by atoms with Crippen molar-refractivity contribution in [2.45, 2.75) is 59.9 Å². The summed E-state index contributed by atoms with van der Waals surface area (Å²) in [5, 5.41) is 2.93. The summed E-state index contributed by atoms with van der Waals surface area (Å²) in [6.45, 7) is 9.83. The van der Waals surface area contributed by atoms with Crippen molar-refractivity contribution in [2.24, 2.45) is 17.1 Å². The maximum Gasteiger partial charge on any atom is 0.221 e. The average Bonchev–Trinajstić information content (AvgIpc) is 2.20. The molecule has 4 heteroatoms. The van der Waals surface area contributed by atoms with Crippen LogP contribution in [0.5, 0.6) is 0 Å². The Balaban J connectivity index is 4.48. The number of amides is 2. The monoisotopic (exact) mass is 242 g/mol. The average molecular weight is 242 g/mol. The molecule has 0 bridgehead atoms. The van der Waals surface area contributed by atoms with Gasteiger partial charge in [-0.3, -0.25) is 9.59 Å². The topological polar surface area (TPSA) is 72.2 Å². The molecular formula is C13H26N2O2. The molecule has 0 radical (unpaired) electrons. The van der Waals surface area contributed by atoms with E-state index in [9.17, 15) is 9.59 Å². The predicted molar refractivity (Wildman–Crippen MR) is 69.3 cm³/mol. The summed E-state index contributed by atoms with van der Waals surface area (Å²) in [7, 11) is 0. The van der Waals surface area contributed by atoms with Gasteiger partial charge in [0.2, 0.25) is 11.8 Å². The molecule has 3 N–H and O–H groups in total. The van der Waals surface area contributed by atoms with Gasteiger partial charge in [-0.25, -0.2) is 0 Å². The van der Waals surface area contributed by atoms with E-state index in [-0.39, 0.29) is 23.8 Å². The number of nitrogens with two attached hydrogens (primary N) is 1. The highest BCUT2D eigenvalue weighted by Crippen LogP contribution is 2.28. The Morgan fingerprint density at radius 3 is 1.94 bits per heavy atom. The third kappa shape index (κ3) is 5.71. The van der Waals surface area contributed by atoms with E-state index in [0.717, 1.165) is 12.8 Å². The summed E-state index contributed by atoms with van der Waals surface area (Å²) >= 11 is 0. The van der Waals surface area contributed by atoms with Crippen molar-refractivity contribution < 1.29 is 9.59 Å². The summed E-state index contributed by atoms with van der Waals surface area (Å²) in [6.07, 6.45) is 1.98. The van der Waals surface area contributed by atoms with Crippen molar-refractivity contribution >= 4 is 11.8 Å². The Labute approximate surface area is 104 Å². The lowest BCUT2D eigenvalue weighted by Gasteiger charge is -2.28. The zero-order chi connectivity index (χ0) is 13.6. The van der Waals surface area contributed by atoms with Crippen LogP contribution >= 0.6 is 0 Å². The minimum atomic E-state index is -0.420. The van der Waals surface area contributed by atoms with Gasteiger partial charge in [0, 0.05) is 12.5 Å². The molecule has 0 aliphatic rings. The molecule has 0 aromatic heterocycles. The van der Waals surface area contributed by atoms with Crippen LogP contribution < -0.4 is 11.1 Å². The molecule has 0 aliphatic heterocycles. The van der Waals surface area contributed by atoms with Crippen LogP contribution in [0, 0.1) is 11.3 Å². The molecule has 1 atom stereocenters. The van der Waals surface area contributed by atoms with E-state index in [4.69, 9.17) is 5.73 Å². The number of carbonyl (C=O) groups is 2. The second-order valence-corrected chi connectivity index (χ2v) is 5.61. The lowest BCUT2D eigenvalue weighted by Crippen LogP contribution is -2.41. The molecule has 100 valence electrons. The van der Waals surface area contributed by atoms with Crippen molar-refractivity contribution in [1.82, 2.24) is 5.32 Å². The Kier molecular flexibility index (Phi) is 6.21. The maximum absolute atomic E-state index is 11.8. The van der Waals surface area contributed by atoms with Gasteiger partial charge >= 0.3 is 0 Å². The van der Waals surface area contributed by atoms with E-state index in [1.165, 1.54) is 0 Å². The Morgan fingerprint density at radius 2 is 1.65 bits per heavy atom. The Morgan fingerprint density at radius 1 is 1.18 bits per heavy atom. The number of primary amides is 1. The lowest BCUT2D eigenvalue weighted by atomic mass is 9.78. The zero-order valence-corrected chi connectivity index (χ0v) is 11.7. The van der Waals surface area contributed by atoms with Crippen LogP contribution in [0.3, 0.4) is 0 Å². The third-order valence-electron chi connectivity index (χ3n) is 3.13. The fraction of sp³-hybridized carbons (Fsp3) is 0.846. The molecule has 0 spiro atoms. The number of hydrogen-bond acceptors (Lipinski definition) is 2. The molecule has 0 heterocycles. The summed E-state index contributed by atoms with van der Waals surface area (Å²) in [6, 6.07) is 0.191. The fourth-order valence-corrected chi connectivity index (χ4v) is 1.80. The van der Waals surface area contributed by atoms with E-state index in [2.05, 4.69) is 5.32 Å². The summed E-state index contributed by atoms with van der Waals surface area (Å²) in [5.41, 5.74) is 5.07. The van der Waals surface area contributed by atoms with E-state index in [1.54, 1.807) is 0 Å². The summed E-state index contributed by atoms with van der Waals surface area (Å²) in [5.74, 6) is -0.911. The molecule has 0 rings (SSSR count). The molecular weight excluding hydrogens is 216 g/mol. The van der Waals surface area contributed by atoms with Crippen LogP contribution in [-0.2, 0) is 9.59 Å². The van der Waals surface area contributed by atoms with Crippen LogP contribution in [0.1, 0.15) is 53.9 Å².